The Balaban J connectivity index is 2.30. The Morgan fingerprint density at radius 1 is 1.55 bits per heavy atom. The molecule has 3 heteroatoms. The van der Waals surface area contributed by atoms with Gasteiger partial charge in [-0.25, -0.2) is 0 Å². The largest absolute Gasteiger partial charge is 0.334 e. The summed E-state index contributed by atoms with van der Waals surface area (Å²) in [5.41, 5.74) is 0. The lowest BCUT2D eigenvalue weighted by molar-refractivity contribution is 0.192. The maximum atomic E-state index is 10.8. The van der Waals surface area contributed by atoms with E-state index in [0.29, 0.717) is 0 Å². The van der Waals surface area contributed by atoms with Crippen molar-refractivity contribution in [3.63, 3.8) is 0 Å². The van der Waals surface area contributed by atoms with E-state index in [1.165, 1.54) is 6.42 Å². The number of piperidine rings is 1. The van der Waals surface area contributed by atoms with Crippen molar-refractivity contribution in [2.45, 2.75) is 26.2 Å². The van der Waals surface area contributed by atoms with Crippen LogP contribution in [0.2, 0.25) is 0 Å². The first-order valence-corrected chi connectivity index (χ1v) is 4.66. The van der Waals surface area contributed by atoms with E-state index >= 15 is 0 Å². The molecule has 1 amide bonds. The highest BCUT2D eigenvalue weighted by Gasteiger charge is 2.19. The van der Waals surface area contributed by atoms with E-state index in [2.05, 4.69) is 19.6 Å². The summed E-state index contributed by atoms with van der Waals surface area (Å²) in [6.07, 6.45) is 3.56. The smallest absolute Gasteiger partial charge is 0.278 e. The maximum absolute atomic E-state index is 10.8. The summed E-state index contributed by atoms with van der Waals surface area (Å²) >= 11 is 3.79. The third-order valence-corrected chi connectivity index (χ3v) is 2.75. The highest BCUT2D eigenvalue weighted by Crippen LogP contribution is 2.20. The maximum Gasteiger partial charge on any atom is 0.278 e. The fraction of sp³-hybridized carbons (Fsp3) is 0.875. The van der Waals surface area contributed by atoms with Gasteiger partial charge in [0.05, 0.1) is 0 Å². The first-order valence-electron chi connectivity index (χ1n) is 4.22. The molecule has 1 heterocycles. The van der Waals surface area contributed by atoms with Crippen LogP contribution in [0.1, 0.15) is 26.2 Å². The van der Waals surface area contributed by atoms with Crippen molar-refractivity contribution >= 4 is 17.9 Å². The number of nitrogens with zero attached hydrogens (tertiary/aromatic N) is 1. The molecule has 0 aliphatic carbocycles. The molecule has 11 heavy (non-hydrogen) atoms. The van der Waals surface area contributed by atoms with Crippen molar-refractivity contribution in [2.75, 3.05) is 13.1 Å². The molecule has 1 aliphatic heterocycles. The molecule has 1 rings (SSSR count). The lowest BCUT2D eigenvalue weighted by atomic mass is 9.95. The minimum Gasteiger partial charge on any atom is -0.334 e. The van der Waals surface area contributed by atoms with Crippen LogP contribution in [0.15, 0.2) is 0 Å². The average Bonchev–Trinajstić information content (AvgIpc) is 2.05. The van der Waals surface area contributed by atoms with Crippen LogP contribution in [0.5, 0.6) is 0 Å². The molecule has 2 nitrogen and oxygen atoms in total. The van der Waals surface area contributed by atoms with Crippen LogP contribution >= 0.6 is 12.6 Å². The highest BCUT2D eigenvalue weighted by molar-refractivity contribution is 7.96. The number of hydrogen-bond donors (Lipinski definition) is 1. The minimum atomic E-state index is -0.0699. The van der Waals surface area contributed by atoms with E-state index in [1.54, 1.807) is 0 Å². The van der Waals surface area contributed by atoms with Crippen LogP contribution in [0, 0.1) is 5.92 Å². The summed E-state index contributed by atoms with van der Waals surface area (Å²) in [6.45, 7) is 4.02. The van der Waals surface area contributed by atoms with E-state index in [1.807, 2.05) is 4.90 Å². The number of hydrogen-bond acceptors (Lipinski definition) is 1. The lowest BCUT2D eigenvalue weighted by Gasteiger charge is -2.30. The number of carbonyl (C=O) groups excluding carboxylic acids is 1. The van der Waals surface area contributed by atoms with Crippen LogP contribution < -0.4 is 0 Å². The molecule has 0 atom stereocenters. The average molecular weight is 173 g/mol. The zero-order valence-corrected chi connectivity index (χ0v) is 7.81. The predicted molar refractivity (Wildman–Crippen MR) is 49.0 cm³/mol. The summed E-state index contributed by atoms with van der Waals surface area (Å²) in [6, 6.07) is 0. The van der Waals surface area contributed by atoms with E-state index in [9.17, 15) is 4.79 Å². The Hall–Kier alpha value is -0.180. The predicted octanol–water partition coefficient (Wildman–Crippen LogP) is 2.16. The van der Waals surface area contributed by atoms with Gasteiger partial charge in [0, 0.05) is 13.1 Å². The number of amides is 1. The van der Waals surface area contributed by atoms with Crippen molar-refractivity contribution in [1.82, 2.24) is 4.90 Å². The van der Waals surface area contributed by atoms with Crippen molar-refractivity contribution in [1.29, 1.82) is 0 Å². The standard InChI is InChI=1S/C8H15NOS/c1-2-7-3-5-9(6-4-7)8(10)11/h7H,2-6H2,1H3,(H,10,11). The first-order chi connectivity index (χ1) is 5.24. The van der Waals surface area contributed by atoms with Gasteiger partial charge in [0.2, 0.25) is 0 Å². The van der Waals surface area contributed by atoms with Crippen molar-refractivity contribution in [3.05, 3.63) is 0 Å². The van der Waals surface area contributed by atoms with Gasteiger partial charge in [-0.2, -0.15) is 0 Å². The zero-order chi connectivity index (χ0) is 8.27. The zero-order valence-electron chi connectivity index (χ0n) is 6.92. The molecule has 1 aliphatic rings. The Morgan fingerprint density at radius 2 is 2.09 bits per heavy atom. The van der Waals surface area contributed by atoms with Crippen LogP contribution in [0.25, 0.3) is 0 Å². The molecule has 1 fully saturated rings. The third-order valence-electron chi connectivity index (χ3n) is 2.46. The number of thiol groups is 1. The van der Waals surface area contributed by atoms with E-state index < -0.39 is 0 Å². The van der Waals surface area contributed by atoms with E-state index in [-0.39, 0.29) is 5.24 Å². The molecule has 0 bridgehead atoms. The molecule has 0 N–H and O–H groups in total. The summed E-state index contributed by atoms with van der Waals surface area (Å²) in [4.78, 5) is 12.6. The van der Waals surface area contributed by atoms with Crippen LogP contribution in [-0.2, 0) is 0 Å². The van der Waals surface area contributed by atoms with Gasteiger partial charge in [-0.1, -0.05) is 26.0 Å². The second-order valence-corrected chi connectivity index (χ2v) is 3.50. The molecule has 0 aromatic rings. The quantitative estimate of drug-likeness (QED) is 0.602. The van der Waals surface area contributed by atoms with Crippen molar-refractivity contribution in [3.8, 4) is 0 Å². The van der Waals surface area contributed by atoms with Crippen LogP contribution in [0.4, 0.5) is 4.79 Å². The Morgan fingerprint density at radius 3 is 2.45 bits per heavy atom. The van der Waals surface area contributed by atoms with Crippen LogP contribution in [0.3, 0.4) is 0 Å². The Labute approximate surface area is 73.4 Å². The molecule has 0 aromatic carbocycles. The highest BCUT2D eigenvalue weighted by atomic mass is 32.1. The second kappa shape index (κ2) is 4.00. The van der Waals surface area contributed by atoms with Gasteiger partial charge in [-0.05, 0) is 18.8 Å². The molecule has 0 aromatic heterocycles. The van der Waals surface area contributed by atoms with E-state index in [0.717, 1.165) is 31.8 Å². The third kappa shape index (κ3) is 2.40. The SMILES string of the molecule is CCC1CCN(C(=O)S)CC1. The molecule has 1 saturated heterocycles. The minimum absolute atomic E-state index is 0.0699. The lowest BCUT2D eigenvalue weighted by Crippen LogP contribution is -2.35. The fourth-order valence-corrected chi connectivity index (χ4v) is 1.73. The number of likely N-dealkylation sites (tertiary alicyclic amines) is 1. The van der Waals surface area contributed by atoms with Gasteiger partial charge < -0.3 is 4.90 Å². The van der Waals surface area contributed by atoms with Crippen molar-refractivity contribution in [2.24, 2.45) is 5.92 Å². The van der Waals surface area contributed by atoms with Gasteiger partial charge in [-0.15, -0.1) is 0 Å². The number of carbonyl (C=O) groups is 1. The number of rotatable bonds is 1. The van der Waals surface area contributed by atoms with Gasteiger partial charge in [-0.3, -0.25) is 4.79 Å². The first kappa shape index (κ1) is 8.91. The topological polar surface area (TPSA) is 20.3 Å². The molecule has 0 spiro atoms. The summed E-state index contributed by atoms with van der Waals surface area (Å²) in [5.74, 6) is 0.832. The molecule has 64 valence electrons. The molecular formula is C8H15NOS. The molecule has 0 unspecified atom stereocenters. The van der Waals surface area contributed by atoms with Gasteiger partial charge in [0.15, 0.2) is 0 Å². The van der Waals surface area contributed by atoms with Gasteiger partial charge in [0.1, 0.15) is 0 Å². The normalized spacial score (nSPS) is 20.4. The molecule has 0 saturated carbocycles. The molecule has 0 radical (unpaired) electrons. The summed E-state index contributed by atoms with van der Waals surface area (Å²) in [7, 11) is 0. The monoisotopic (exact) mass is 173 g/mol. The molecular weight excluding hydrogens is 158 g/mol. The Bertz CT molecular complexity index is 141. The second-order valence-electron chi connectivity index (χ2n) is 3.12. The van der Waals surface area contributed by atoms with Crippen molar-refractivity contribution < 1.29 is 4.79 Å². The van der Waals surface area contributed by atoms with Gasteiger partial charge in [0.25, 0.3) is 5.24 Å². The van der Waals surface area contributed by atoms with Crippen LogP contribution in [-0.4, -0.2) is 23.2 Å². The summed E-state index contributed by atoms with van der Waals surface area (Å²) in [5, 5.41) is -0.0699. The van der Waals surface area contributed by atoms with Gasteiger partial charge >= 0.3 is 0 Å². The fourth-order valence-electron chi connectivity index (χ4n) is 1.53. The van der Waals surface area contributed by atoms with E-state index in [4.69, 9.17) is 0 Å². The summed E-state index contributed by atoms with van der Waals surface area (Å²) < 4.78 is 0. The Kier molecular flexibility index (Phi) is 3.24.